The standard InChI is InChI=1S/C20H14BrFN4O/c21-15-5-1-2-6-17(15)25-20(27)26-19-14-10-13(22)7-8-16(14)24-18(19)12-4-3-9-23-11-12/h1-11,24H,(H2,25,26,27). The van der Waals surface area contributed by atoms with E-state index < -0.39 is 6.03 Å². The summed E-state index contributed by atoms with van der Waals surface area (Å²) >= 11 is 3.40. The number of rotatable bonds is 3. The molecular weight excluding hydrogens is 411 g/mol. The summed E-state index contributed by atoms with van der Waals surface area (Å²) in [6, 6.07) is 14.9. The number of H-pyrrole nitrogens is 1. The number of benzene rings is 2. The van der Waals surface area contributed by atoms with Crippen molar-refractivity contribution in [3.05, 3.63) is 77.3 Å². The molecule has 0 saturated heterocycles. The monoisotopic (exact) mass is 424 g/mol. The SMILES string of the molecule is O=C(Nc1ccccc1Br)Nc1c(-c2cccnc2)[nH]c2ccc(F)cc12. The first-order valence-corrected chi connectivity index (χ1v) is 8.95. The summed E-state index contributed by atoms with van der Waals surface area (Å²) in [5, 5.41) is 6.20. The minimum Gasteiger partial charge on any atom is -0.353 e. The van der Waals surface area contributed by atoms with Gasteiger partial charge in [0, 0.05) is 33.3 Å². The summed E-state index contributed by atoms with van der Waals surface area (Å²) in [7, 11) is 0. The molecule has 4 aromatic rings. The Kier molecular flexibility index (Phi) is 4.60. The number of fused-ring (bicyclic) bond motifs is 1. The van der Waals surface area contributed by atoms with Gasteiger partial charge in [0.1, 0.15) is 5.82 Å². The van der Waals surface area contributed by atoms with Crippen molar-refractivity contribution in [3.63, 3.8) is 0 Å². The summed E-state index contributed by atoms with van der Waals surface area (Å²) in [5.41, 5.74) is 3.27. The van der Waals surface area contributed by atoms with Gasteiger partial charge in [0.05, 0.1) is 17.1 Å². The number of para-hydroxylation sites is 1. The van der Waals surface area contributed by atoms with Crippen LogP contribution < -0.4 is 10.6 Å². The lowest BCUT2D eigenvalue weighted by molar-refractivity contribution is 0.262. The van der Waals surface area contributed by atoms with Crippen molar-refractivity contribution in [1.82, 2.24) is 9.97 Å². The second-order valence-corrected chi connectivity index (χ2v) is 6.72. The number of anilines is 2. The number of urea groups is 1. The highest BCUT2D eigenvalue weighted by Gasteiger charge is 2.17. The van der Waals surface area contributed by atoms with Gasteiger partial charge in [-0.05, 0) is 58.4 Å². The molecule has 0 aliphatic heterocycles. The zero-order chi connectivity index (χ0) is 18.8. The van der Waals surface area contributed by atoms with E-state index in [-0.39, 0.29) is 5.82 Å². The average molecular weight is 425 g/mol. The molecule has 4 rings (SSSR count). The van der Waals surface area contributed by atoms with Crippen molar-refractivity contribution in [2.24, 2.45) is 0 Å². The van der Waals surface area contributed by atoms with Gasteiger partial charge in [-0.2, -0.15) is 0 Å². The lowest BCUT2D eigenvalue weighted by atomic mass is 10.1. The summed E-state index contributed by atoms with van der Waals surface area (Å²) < 4.78 is 14.6. The van der Waals surface area contributed by atoms with Crippen LogP contribution in [-0.4, -0.2) is 16.0 Å². The summed E-state index contributed by atoms with van der Waals surface area (Å²) in [5.74, 6) is -0.381. The number of carbonyl (C=O) groups excluding carboxylic acids is 1. The van der Waals surface area contributed by atoms with Crippen molar-refractivity contribution in [2.45, 2.75) is 0 Å². The summed E-state index contributed by atoms with van der Waals surface area (Å²) in [4.78, 5) is 19.9. The molecule has 0 bridgehead atoms. The van der Waals surface area contributed by atoms with Crippen LogP contribution in [0.2, 0.25) is 0 Å². The Labute approximate surface area is 162 Å². The Morgan fingerprint density at radius 1 is 1.07 bits per heavy atom. The van der Waals surface area contributed by atoms with E-state index in [9.17, 15) is 9.18 Å². The fraction of sp³-hybridized carbons (Fsp3) is 0. The van der Waals surface area contributed by atoms with E-state index in [4.69, 9.17) is 0 Å². The van der Waals surface area contributed by atoms with Crippen molar-refractivity contribution in [2.75, 3.05) is 10.6 Å². The lowest BCUT2D eigenvalue weighted by Gasteiger charge is -2.10. The van der Waals surface area contributed by atoms with Crippen LogP contribution in [0, 0.1) is 5.82 Å². The van der Waals surface area contributed by atoms with Gasteiger partial charge in [0.2, 0.25) is 0 Å². The molecule has 0 unspecified atom stereocenters. The van der Waals surface area contributed by atoms with Crippen LogP contribution >= 0.6 is 15.9 Å². The average Bonchev–Trinajstić information content (AvgIpc) is 3.02. The van der Waals surface area contributed by atoms with Gasteiger partial charge in [0.15, 0.2) is 0 Å². The molecule has 0 aliphatic rings. The Morgan fingerprint density at radius 2 is 1.93 bits per heavy atom. The molecule has 0 fully saturated rings. The molecule has 7 heteroatoms. The third kappa shape index (κ3) is 3.54. The maximum absolute atomic E-state index is 13.8. The number of aromatic nitrogens is 2. The number of carbonyl (C=O) groups is 1. The van der Waals surface area contributed by atoms with Gasteiger partial charge in [-0.1, -0.05) is 12.1 Å². The van der Waals surface area contributed by atoms with E-state index in [1.165, 1.54) is 12.1 Å². The Bertz CT molecular complexity index is 1130. The highest BCUT2D eigenvalue weighted by atomic mass is 79.9. The maximum atomic E-state index is 13.8. The van der Waals surface area contributed by atoms with Crippen LogP contribution in [0.1, 0.15) is 0 Å². The fourth-order valence-electron chi connectivity index (χ4n) is 2.85. The molecule has 0 aliphatic carbocycles. The van der Waals surface area contributed by atoms with Crippen LogP contribution in [0.3, 0.4) is 0 Å². The second kappa shape index (κ2) is 7.20. The predicted molar refractivity (Wildman–Crippen MR) is 108 cm³/mol. The Balaban J connectivity index is 1.74. The van der Waals surface area contributed by atoms with Crippen molar-refractivity contribution < 1.29 is 9.18 Å². The number of hydrogen-bond acceptors (Lipinski definition) is 2. The van der Waals surface area contributed by atoms with Crippen molar-refractivity contribution >= 4 is 44.2 Å². The Morgan fingerprint density at radius 3 is 2.70 bits per heavy atom. The maximum Gasteiger partial charge on any atom is 0.323 e. The van der Waals surface area contributed by atoms with Crippen LogP contribution in [0.5, 0.6) is 0 Å². The quantitative estimate of drug-likeness (QED) is 0.390. The molecule has 134 valence electrons. The first-order chi connectivity index (χ1) is 13.1. The molecule has 27 heavy (non-hydrogen) atoms. The first kappa shape index (κ1) is 17.2. The van der Waals surface area contributed by atoms with E-state index in [2.05, 4.69) is 36.5 Å². The van der Waals surface area contributed by atoms with Crippen molar-refractivity contribution in [1.29, 1.82) is 0 Å². The highest BCUT2D eigenvalue weighted by molar-refractivity contribution is 9.10. The van der Waals surface area contributed by atoms with Crippen LogP contribution in [0.25, 0.3) is 22.2 Å². The largest absolute Gasteiger partial charge is 0.353 e. The lowest BCUT2D eigenvalue weighted by Crippen LogP contribution is -2.20. The third-order valence-corrected chi connectivity index (χ3v) is 4.76. The number of aromatic amines is 1. The van der Waals surface area contributed by atoms with Gasteiger partial charge in [-0.25, -0.2) is 9.18 Å². The van der Waals surface area contributed by atoms with Crippen molar-refractivity contribution in [3.8, 4) is 11.3 Å². The number of amides is 2. The normalized spacial score (nSPS) is 10.7. The number of halogens is 2. The van der Waals surface area contributed by atoms with E-state index in [0.717, 1.165) is 10.0 Å². The number of nitrogens with zero attached hydrogens (tertiary/aromatic N) is 1. The zero-order valence-corrected chi connectivity index (χ0v) is 15.5. The van der Waals surface area contributed by atoms with Gasteiger partial charge < -0.3 is 15.6 Å². The summed E-state index contributed by atoms with van der Waals surface area (Å²) in [6.45, 7) is 0. The van der Waals surface area contributed by atoms with E-state index in [0.29, 0.717) is 28.0 Å². The van der Waals surface area contributed by atoms with E-state index in [1.807, 2.05) is 24.3 Å². The molecule has 2 aromatic heterocycles. The first-order valence-electron chi connectivity index (χ1n) is 8.16. The van der Waals surface area contributed by atoms with Crippen LogP contribution in [0.4, 0.5) is 20.6 Å². The van der Waals surface area contributed by atoms with Gasteiger partial charge in [0.25, 0.3) is 0 Å². The highest BCUT2D eigenvalue weighted by Crippen LogP contribution is 2.35. The topological polar surface area (TPSA) is 69.8 Å². The minimum atomic E-state index is -0.433. The molecule has 2 amide bonds. The molecule has 3 N–H and O–H groups in total. The molecule has 0 radical (unpaired) electrons. The van der Waals surface area contributed by atoms with Crippen LogP contribution in [0.15, 0.2) is 71.5 Å². The van der Waals surface area contributed by atoms with E-state index in [1.54, 1.807) is 30.6 Å². The molecule has 0 saturated carbocycles. The molecular formula is C20H14BrFN4O. The molecule has 2 heterocycles. The molecule has 0 spiro atoms. The molecule has 0 atom stereocenters. The number of hydrogen-bond donors (Lipinski definition) is 3. The van der Waals surface area contributed by atoms with Crippen LogP contribution in [-0.2, 0) is 0 Å². The Hall–Kier alpha value is -3.19. The minimum absolute atomic E-state index is 0.381. The second-order valence-electron chi connectivity index (χ2n) is 5.87. The van der Waals surface area contributed by atoms with E-state index >= 15 is 0 Å². The zero-order valence-electron chi connectivity index (χ0n) is 14.0. The van der Waals surface area contributed by atoms with Gasteiger partial charge in [-0.15, -0.1) is 0 Å². The predicted octanol–water partition coefficient (Wildman–Crippen LogP) is 5.78. The van der Waals surface area contributed by atoms with Gasteiger partial charge in [-0.3, -0.25) is 4.98 Å². The molecule has 5 nitrogen and oxygen atoms in total. The molecule has 2 aromatic carbocycles. The smallest absolute Gasteiger partial charge is 0.323 e. The summed E-state index contributed by atoms with van der Waals surface area (Å²) in [6.07, 6.45) is 3.34. The fourth-order valence-corrected chi connectivity index (χ4v) is 3.23. The number of nitrogens with one attached hydrogen (secondary N) is 3. The third-order valence-electron chi connectivity index (χ3n) is 4.07. The van der Waals surface area contributed by atoms with Gasteiger partial charge >= 0.3 is 6.03 Å². The number of pyridine rings is 1.